The summed E-state index contributed by atoms with van der Waals surface area (Å²) >= 11 is 5.42. The number of phenols is 3. The van der Waals surface area contributed by atoms with Gasteiger partial charge >= 0.3 is 18.1 Å². The lowest BCUT2D eigenvalue weighted by Crippen LogP contribution is -2.20. The summed E-state index contributed by atoms with van der Waals surface area (Å²) in [6.07, 6.45) is 0. The Morgan fingerprint density at radius 1 is 0.635 bits per heavy atom. The predicted octanol–water partition coefficient (Wildman–Crippen LogP) is 12.2. The molecule has 6 aromatic carbocycles. The standard InChI is InChI=1S/C15H13N3O3.C13H10BrN5O2.C13H10IN5O2/c1-21-13-8-3-2-6-11(13)17-15(20)18-12-7-4-5-10(9-16)14(12)19;14-8-4-1-2-5-9(8)16-13(21)17-10-6-3-7-11(12(10)20)18-19-15;14-9-3-1-2-4-10(9)16-13(21)17-11-6-5-8(18-19-15)7-12(11)20/h2-8,19H,1H3,(H2,17,18,20);2*1-7,20H,(H2,16,17,21). The molecule has 6 aromatic rings. The van der Waals surface area contributed by atoms with E-state index in [0.29, 0.717) is 22.8 Å². The number of aromatic hydroxyl groups is 3. The van der Waals surface area contributed by atoms with Gasteiger partial charge in [0.15, 0.2) is 5.75 Å². The zero-order valence-electron chi connectivity index (χ0n) is 32.5. The van der Waals surface area contributed by atoms with E-state index in [-0.39, 0.29) is 51.2 Å². The number of hydrogen-bond acceptors (Lipinski definition) is 10. The van der Waals surface area contributed by atoms with E-state index in [1.54, 1.807) is 60.7 Å². The monoisotopic (exact) mass is 1030 g/mol. The fraction of sp³-hybridized carbons (Fsp3) is 0.0244. The van der Waals surface area contributed by atoms with Crippen molar-refractivity contribution >= 4 is 102 Å². The Bertz CT molecular complexity index is 2760. The number of para-hydroxylation sites is 6. The third kappa shape index (κ3) is 14.4. The van der Waals surface area contributed by atoms with Crippen molar-refractivity contribution in [3.63, 3.8) is 0 Å². The zero-order chi connectivity index (χ0) is 45.7. The minimum Gasteiger partial charge on any atom is -0.506 e. The van der Waals surface area contributed by atoms with E-state index in [4.69, 9.17) is 21.1 Å². The minimum atomic E-state index is -0.551. The van der Waals surface area contributed by atoms with Crippen molar-refractivity contribution in [2.75, 3.05) is 39.0 Å². The highest BCUT2D eigenvalue weighted by atomic mass is 127. The van der Waals surface area contributed by atoms with Gasteiger partial charge in [-0.15, -0.1) is 0 Å². The van der Waals surface area contributed by atoms with Gasteiger partial charge in [0.25, 0.3) is 0 Å². The van der Waals surface area contributed by atoms with Gasteiger partial charge in [0, 0.05) is 23.6 Å². The Morgan fingerprint density at radius 2 is 1.14 bits per heavy atom. The Labute approximate surface area is 380 Å². The highest BCUT2D eigenvalue weighted by Crippen LogP contribution is 2.35. The van der Waals surface area contributed by atoms with E-state index in [1.165, 1.54) is 49.6 Å². The van der Waals surface area contributed by atoms with E-state index >= 15 is 0 Å². The molecule has 0 radical (unpaired) electrons. The van der Waals surface area contributed by atoms with Crippen LogP contribution in [0.4, 0.5) is 59.9 Å². The molecule has 318 valence electrons. The largest absolute Gasteiger partial charge is 0.506 e. The van der Waals surface area contributed by atoms with Gasteiger partial charge in [0.05, 0.1) is 52.5 Å². The maximum Gasteiger partial charge on any atom is 0.323 e. The van der Waals surface area contributed by atoms with Crippen molar-refractivity contribution in [3.05, 3.63) is 162 Å². The van der Waals surface area contributed by atoms with Crippen molar-refractivity contribution in [2.24, 2.45) is 10.2 Å². The smallest absolute Gasteiger partial charge is 0.323 e. The first-order valence-electron chi connectivity index (χ1n) is 17.7. The van der Waals surface area contributed by atoms with Gasteiger partial charge in [-0.05, 0) is 122 Å². The summed E-state index contributed by atoms with van der Waals surface area (Å²) in [5.41, 5.74) is 19.3. The van der Waals surface area contributed by atoms with Gasteiger partial charge in [0.2, 0.25) is 0 Å². The van der Waals surface area contributed by atoms with Gasteiger partial charge in [-0.3, -0.25) is 0 Å². The number of anilines is 6. The molecule has 22 heteroatoms. The third-order valence-electron chi connectivity index (χ3n) is 7.81. The number of phenolic OH excluding ortho intramolecular Hbond substituents is 3. The number of ether oxygens (including phenoxy) is 1. The van der Waals surface area contributed by atoms with Crippen LogP contribution in [-0.4, -0.2) is 40.5 Å². The molecule has 0 saturated carbocycles. The molecule has 9 N–H and O–H groups in total. The number of nitrogens with zero attached hydrogens (tertiary/aromatic N) is 7. The van der Waals surface area contributed by atoms with Crippen LogP contribution in [0.2, 0.25) is 0 Å². The average Bonchev–Trinajstić information content (AvgIpc) is 3.26. The molecule has 6 rings (SSSR count). The molecule has 0 aromatic heterocycles. The molecule has 0 saturated heterocycles. The van der Waals surface area contributed by atoms with Crippen molar-refractivity contribution in [2.45, 2.75) is 0 Å². The first-order chi connectivity index (χ1) is 30.4. The van der Waals surface area contributed by atoms with E-state index in [0.717, 1.165) is 8.04 Å². The van der Waals surface area contributed by atoms with Crippen molar-refractivity contribution in [1.29, 1.82) is 5.26 Å². The number of nitrogens with one attached hydrogen (secondary N) is 6. The molecule has 20 nitrogen and oxygen atoms in total. The third-order valence-corrected chi connectivity index (χ3v) is 9.44. The molecule has 0 aliphatic rings. The molecule has 0 atom stereocenters. The fourth-order valence-electron chi connectivity index (χ4n) is 4.94. The van der Waals surface area contributed by atoms with Crippen molar-refractivity contribution in [3.8, 4) is 29.1 Å². The summed E-state index contributed by atoms with van der Waals surface area (Å²) in [5.74, 6) is -0.229. The number of benzene rings is 6. The summed E-state index contributed by atoms with van der Waals surface area (Å²) in [5, 5.41) is 60.3. The van der Waals surface area contributed by atoms with Gasteiger partial charge in [-0.25, -0.2) is 14.4 Å². The van der Waals surface area contributed by atoms with Crippen molar-refractivity contribution < 1.29 is 34.4 Å². The van der Waals surface area contributed by atoms with Crippen LogP contribution in [0.3, 0.4) is 0 Å². The topological polar surface area (TPSA) is 315 Å². The molecular formula is C41H33BrIN13O7. The van der Waals surface area contributed by atoms with Gasteiger partial charge < -0.3 is 52.0 Å². The molecule has 6 amide bonds. The number of rotatable bonds is 9. The Morgan fingerprint density at radius 3 is 1.75 bits per heavy atom. The van der Waals surface area contributed by atoms with E-state index in [9.17, 15) is 29.7 Å². The van der Waals surface area contributed by atoms with Crippen LogP contribution in [0.25, 0.3) is 20.9 Å². The molecule has 0 aliphatic carbocycles. The molecule has 63 heavy (non-hydrogen) atoms. The number of azide groups is 2. The summed E-state index contributed by atoms with van der Waals surface area (Å²) in [6.45, 7) is 0. The lowest BCUT2D eigenvalue weighted by atomic mass is 10.2. The first-order valence-corrected chi connectivity index (χ1v) is 19.6. The number of methoxy groups -OCH3 is 1. The Balaban J connectivity index is 0.000000207. The minimum absolute atomic E-state index is 0.0381. The molecule has 0 aliphatic heterocycles. The maximum atomic E-state index is 11.9. The van der Waals surface area contributed by atoms with Crippen LogP contribution in [0.5, 0.6) is 23.0 Å². The predicted molar refractivity (Wildman–Crippen MR) is 251 cm³/mol. The molecule has 0 spiro atoms. The highest BCUT2D eigenvalue weighted by Gasteiger charge is 2.13. The normalized spacial score (nSPS) is 9.56. The lowest BCUT2D eigenvalue weighted by molar-refractivity contribution is 0.261. The average molecular weight is 1030 g/mol. The first kappa shape index (κ1) is 47.3. The number of hydrogen-bond donors (Lipinski definition) is 9. The van der Waals surface area contributed by atoms with Crippen molar-refractivity contribution in [1.82, 2.24) is 0 Å². The lowest BCUT2D eigenvalue weighted by Gasteiger charge is -2.12. The SMILES string of the molecule is COc1ccccc1NC(=O)Nc1cccc(C#N)c1O.[N-]=[N+]=Nc1ccc(NC(=O)Nc2ccccc2I)c(O)c1.[N-]=[N+]=Nc1cccc(NC(=O)Nc2ccccc2Br)c1O. The highest BCUT2D eigenvalue weighted by molar-refractivity contribution is 14.1. The van der Waals surface area contributed by atoms with Crippen LogP contribution in [0.15, 0.2) is 142 Å². The number of amides is 6. The molecule has 0 bridgehead atoms. The van der Waals surface area contributed by atoms with Crippen LogP contribution in [-0.2, 0) is 0 Å². The van der Waals surface area contributed by atoms with Crippen LogP contribution in [0, 0.1) is 14.9 Å². The number of urea groups is 3. The van der Waals surface area contributed by atoms with Crippen LogP contribution >= 0.6 is 38.5 Å². The fourth-order valence-corrected chi connectivity index (χ4v) is 5.84. The molecule has 0 heterocycles. The Kier molecular flexibility index (Phi) is 18.1. The van der Waals surface area contributed by atoms with E-state index in [2.05, 4.69) is 90.5 Å². The summed E-state index contributed by atoms with van der Waals surface area (Å²) in [7, 11) is 1.50. The van der Waals surface area contributed by atoms with Crippen LogP contribution < -0.4 is 36.6 Å². The number of carbonyl (C=O) groups is 3. The number of halogens is 2. The summed E-state index contributed by atoms with van der Waals surface area (Å²) in [6, 6.07) is 34.8. The second-order valence-corrected chi connectivity index (χ2v) is 14.0. The quantitative estimate of drug-likeness (QED) is 0.0220. The molecular weight excluding hydrogens is 993 g/mol. The second kappa shape index (κ2) is 24.0. The second-order valence-electron chi connectivity index (χ2n) is 12.0. The number of nitriles is 1. The van der Waals surface area contributed by atoms with E-state index < -0.39 is 18.1 Å². The molecule has 0 unspecified atom stereocenters. The zero-order valence-corrected chi connectivity index (χ0v) is 36.2. The number of carbonyl (C=O) groups excluding carboxylic acids is 3. The van der Waals surface area contributed by atoms with Gasteiger partial charge in [-0.1, -0.05) is 64.8 Å². The molecule has 0 fully saturated rings. The summed E-state index contributed by atoms with van der Waals surface area (Å²) in [4.78, 5) is 40.9. The Hall–Kier alpha value is -8.35. The summed E-state index contributed by atoms with van der Waals surface area (Å²) < 4.78 is 6.75. The van der Waals surface area contributed by atoms with Crippen LogP contribution in [0.1, 0.15) is 5.56 Å². The van der Waals surface area contributed by atoms with E-state index in [1.807, 2.05) is 30.3 Å². The maximum absolute atomic E-state index is 11.9. The van der Waals surface area contributed by atoms with Gasteiger partial charge in [0.1, 0.15) is 23.3 Å². The van der Waals surface area contributed by atoms with Gasteiger partial charge in [-0.2, -0.15) is 5.26 Å².